The van der Waals surface area contributed by atoms with Crippen LogP contribution in [0.15, 0.2) is 53.3 Å². The van der Waals surface area contributed by atoms with Crippen LogP contribution in [0.2, 0.25) is 5.02 Å². The van der Waals surface area contributed by atoms with Gasteiger partial charge in [-0.3, -0.25) is 14.5 Å². The van der Waals surface area contributed by atoms with Gasteiger partial charge in [-0.15, -0.1) is 0 Å². The Morgan fingerprint density at radius 2 is 1.68 bits per heavy atom. The van der Waals surface area contributed by atoms with E-state index in [1.807, 2.05) is 44.2 Å². The van der Waals surface area contributed by atoms with Crippen LogP contribution in [0.3, 0.4) is 0 Å². The Labute approximate surface area is 187 Å². The third-order valence-electron chi connectivity index (χ3n) is 5.51. The highest BCUT2D eigenvalue weighted by Gasteiger charge is 2.23. The van der Waals surface area contributed by atoms with Gasteiger partial charge in [0.05, 0.1) is 17.5 Å². The molecule has 0 fully saturated rings. The van der Waals surface area contributed by atoms with Crippen LogP contribution in [-0.2, 0) is 0 Å². The summed E-state index contributed by atoms with van der Waals surface area (Å²) in [5.41, 5.74) is 1.03. The van der Waals surface area contributed by atoms with E-state index in [0.29, 0.717) is 22.3 Å². The van der Waals surface area contributed by atoms with E-state index < -0.39 is 0 Å². The van der Waals surface area contributed by atoms with Gasteiger partial charge in [0.25, 0.3) is 11.5 Å². The Morgan fingerprint density at radius 3 is 2.29 bits per heavy atom. The summed E-state index contributed by atoms with van der Waals surface area (Å²) in [4.78, 5) is 28.2. The van der Waals surface area contributed by atoms with Crippen molar-refractivity contribution in [3.63, 3.8) is 0 Å². The lowest BCUT2D eigenvalue weighted by Crippen LogP contribution is -2.39. The fourth-order valence-electron chi connectivity index (χ4n) is 3.84. The van der Waals surface area contributed by atoms with Crippen molar-refractivity contribution in [3.05, 3.63) is 75.2 Å². The molecule has 1 unspecified atom stereocenters. The summed E-state index contributed by atoms with van der Waals surface area (Å²) in [7, 11) is 0. The molecule has 1 heterocycles. The number of aromatic nitrogens is 2. The summed E-state index contributed by atoms with van der Waals surface area (Å²) < 4.78 is 1.37. The molecular formula is C24H29ClN4O2. The molecule has 0 aliphatic heterocycles. The van der Waals surface area contributed by atoms with E-state index in [9.17, 15) is 9.59 Å². The standard InChI is InChI=1S/C24H29ClN4O2/c1-5-28(6-2)21(19-13-9-10-14-20(19)25)15-26-23(30)22-17-11-7-8-12-18(17)24(31)29(27-22)16(3)4/h7-14,16,21H,5-6,15H2,1-4H3,(H,26,30). The van der Waals surface area contributed by atoms with E-state index in [1.54, 1.807) is 18.2 Å². The first-order chi connectivity index (χ1) is 14.9. The van der Waals surface area contributed by atoms with Gasteiger partial charge in [0.15, 0.2) is 5.69 Å². The number of nitrogens with zero attached hydrogens (tertiary/aromatic N) is 3. The van der Waals surface area contributed by atoms with Crippen LogP contribution in [-0.4, -0.2) is 40.2 Å². The van der Waals surface area contributed by atoms with Crippen molar-refractivity contribution in [2.75, 3.05) is 19.6 Å². The quantitative estimate of drug-likeness (QED) is 0.562. The lowest BCUT2D eigenvalue weighted by molar-refractivity contribution is 0.0929. The summed E-state index contributed by atoms with van der Waals surface area (Å²) in [6.07, 6.45) is 0. The molecule has 0 aliphatic carbocycles. The molecule has 0 saturated heterocycles. The van der Waals surface area contributed by atoms with Crippen molar-refractivity contribution < 1.29 is 4.79 Å². The molecular weight excluding hydrogens is 412 g/mol. The molecule has 0 bridgehead atoms. The molecule has 3 aromatic rings. The van der Waals surface area contributed by atoms with Crippen LogP contribution >= 0.6 is 11.6 Å². The van der Waals surface area contributed by atoms with Crippen molar-refractivity contribution >= 4 is 28.3 Å². The maximum atomic E-state index is 13.2. The Bertz CT molecular complexity index is 1120. The maximum Gasteiger partial charge on any atom is 0.274 e. The Kier molecular flexibility index (Phi) is 7.46. The summed E-state index contributed by atoms with van der Waals surface area (Å²) in [6, 6.07) is 14.6. The molecule has 0 radical (unpaired) electrons. The molecule has 6 nitrogen and oxygen atoms in total. The number of hydrogen-bond donors (Lipinski definition) is 1. The predicted molar refractivity (Wildman–Crippen MR) is 126 cm³/mol. The highest BCUT2D eigenvalue weighted by atomic mass is 35.5. The highest BCUT2D eigenvalue weighted by Crippen LogP contribution is 2.27. The number of amides is 1. The number of rotatable bonds is 8. The summed E-state index contributed by atoms with van der Waals surface area (Å²) in [6.45, 7) is 9.94. The maximum absolute atomic E-state index is 13.2. The van der Waals surface area contributed by atoms with Crippen LogP contribution in [0.1, 0.15) is 55.8 Å². The number of benzene rings is 2. The monoisotopic (exact) mass is 440 g/mol. The molecule has 1 N–H and O–H groups in total. The van der Waals surface area contributed by atoms with Crippen molar-refractivity contribution in [1.82, 2.24) is 20.0 Å². The minimum Gasteiger partial charge on any atom is -0.349 e. The smallest absolute Gasteiger partial charge is 0.274 e. The van der Waals surface area contributed by atoms with Gasteiger partial charge < -0.3 is 5.32 Å². The van der Waals surface area contributed by atoms with Gasteiger partial charge in [0.2, 0.25) is 0 Å². The molecule has 31 heavy (non-hydrogen) atoms. The first kappa shape index (κ1) is 23.0. The van der Waals surface area contributed by atoms with Gasteiger partial charge in [-0.25, -0.2) is 4.68 Å². The highest BCUT2D eigenvalue weighted by molar-refractivity contribution is 6.31. The average Bonchev–Trinajstić information content (AvgIpc) is 2.77. The Balaban J connectivity index is 1.96. The summed E-state index contributed by atoms with van der Waals surface area (Å²) in [5, 5.41) is 9.16. The van der Waals surface area contributed by atoms with Crippen LogP contribution < -0.4 is 10.9 Å². The van der Waals surface area contributed by atoms with E-state index in [2.05, 4.69) is 29.2 Å². The van der Waals surface area contributed by atoms with Gasteiger partial charge in [-0.1, -0.05) is 61.8 Å². The van der Waals surface area contributed by atoms with Crippen LogP contribution in [0.25, 0.3) is 10.8 Å². The SMILES string of the molecule is CCN(CC)C(CNC(=O)c1nn(C(C)C)c(=O)c2ccccc12)c1ccccc1Cl. The zero-order valence-corrected chi connectivity index (χ0v) is 19.2. The minimum absolute atomic E-state index is 0.0741. The number of hydrogen-bond acceptors (Lipinski definition) is 4. The van der Waals surface area contributed by atoms with E-state index in [1.165, 1.54) is 4.68 Å². The first-order valence-electron chi connectivity index (χ1n) is 10.7. The molecule has 1 amide bonds. The van der Waals surface area contributed by atoms with Crippen molar-refractivity contribution in [1.29, 1.82) is 0 Å². The van der Waals surface area contributed by atoms with E-state index in [0.717, 1.165) is 18.7 Å². The van der Waals surface area contributed by atoms with Gasteiger partial charge in [-0.05, 0) is 44.6 Å². The Hall–Kier alpha value is -2.70. The molecule has 2 aromatic carbocycles. The average molecular weight is 441 g/mol. The van der Waals surface area contributed by atoms with E-state index >= 15 is 0 Å². The lowest BCUT2D eigenvalue weighted by Gasteiger charge is -2.31. The van der Waals surface area contributed by atoms with Crippen molar-refractivity contribution in [3.8, 4) is 0 Å². The van der Waals surface area contributed by atoms with Crippen molar-refractivity contribution in [2.45, 2.75) is 39.8 Å². The largest absolute Gasteiger partial charge is 0.349 e. The second-order valence-corrected chi connectivity index (χ2v) is 8.11. The molecule has 0 spiro atoms. The third kappa shape index (κ3) is 4.81. The van der Waals surface area contributed by atoms with Crippen LogP contribution in [0.4, 0.5) is 0 Å². The van der Waals surface area contributed by atoms with Gasteiger partial charge >= 0.3 is 0 Å². The number of carbonyl (C=O) groups excluding carboxylic acids is 1. The summed E-state index contributed by atoms with van der Waals surface area (Å²) >= 11 is 6.47. The van der Waals surface area contributed by atoms with Crippen molar-refractivity contribution in [2.24, 2.45) is 0 Å². The van der Waals surface area contributed by atoms with Gasteiger partial charge in [0, 0.05) is 17.0 Å². The zero-order chi connectivity index (χ0) is 22.5. The lowest BCUT2D eigenvalue weighted by atomic mass is 10.0. The summed E-state index contributed by atoms with van der Waals surface area (Å²) in [5.74, 6) is -0.310. The fraction of sp³-hybridized carbons (Fsp3) is 0.375. The topological polar surface area (TPSA) is 67.2 Å². The third-order valence-corrected chi connectivity index (χ3v) is 5.85. The predicted octanol–water partition coefficient (Wildman–Crippen LogP) is 4.44. The number of likely N-dealkylation sites (N-methyl/N-ethyl adjacent to an activating group) is 1. The normalized spacial score (nSPS) is 12.5. The fourth-order valence-corrected chi connectivity index (χ4v) is 4.10. The molecule has 1 aromatic heterocycles. The Morgan fingerprint density at radius 1 is 1.06 bits per heavy atom. The number of halogens is 1. The van der Waals surface area contributed by atoms with Gasteiger partial charge in [0.1, 0.15) is 0 Å². The molecule has 1 atom stereocenters. The first-order valence-corrected chi connectivity index (χ1v) is 11.0. The molecule has 0 aliphatic rings. The number of carbonyl (C=O) groups is 1. The molecule has 164 valence electrons. The second kappa shape index (κ2) is 10.1. The van der Waals surface area contributed by atoms with Gasteiger partial charge in [-0.2, -0.15) is 5.10 Å². The van der Waals surface area contributed by atoms with E-state index in [4.69, 9.17) is 11.6 Å². The van der Waals surface area contributed by atoms with E-state index in [-0.39, 0.29) is 29.2 Å². The molecule has 0 saturated carbocycles. The number of fused-ring (bicyclic) bond motifs is 1. The van der Waals surface area contributed by atoms with Crippen LogP contribution in [0.5, 0.6) is 0 Å². The van der Waals surface area contributed by atoms with Crippen LogP contribution in [0, 0.1) is 0 Å². The zero-order valence-electron chi connectivity index (χ0n) is 18.4. The molecule has 7 heteroatoms. The number of nitrogens with one attached hydrogen (secondary N) is 1. The second-order valence-electron chi connectivity index (χ2n) is 7.71. The minimum atomic E-state index is -0.310. The molecule has 3 rings (SSSR count).